The summed E-state index contributed by atoms with van der Waals surface area (Å²) in [5, 5.41) is 3.39. The Morgan fingerprint density at radius 1 is 1.05 bits per heavy atom. The van der Waals surface area contributed by atoms with Gasteiger partial charge < -0.3 is 10.2 Å². The van der Waals surface area contributed by atoms with Gasteiger partial charge in [0.15, 0.2) is 11.6 Å². The molecule has 3 saturated carbocycles. The fourth-order valence-corrected chi connectivity index (χ4v) is 7.10. The van der Waals surface area contributed by atoms with Crippen molar-refractivity contribution in [1.82, 2.24) is 9.97 Å². The topological polar surface area (TPSA) is 75.2 Å². The Labute approximate surface area is 223 Å². The van der Waals surface area contributed by atoms with E-state index in [-0.39, 0.29) is 35.0 Å². The minimum atomic E-state index is -2.98. The smallest absolute Gasteiger partial charge is 0.270 e. The molecule has 0 spiro atoms. The van der Waals surface area contributed by atoms with Crippen LogP contribution in [0.1, 0.15) is 69.4 Å². The fraction of sp³-hybridized carbons (Fsp3) is 0.643. The third kappa shape index (κ3) is 6.43. The van der Waals surface area contributed by atoms with Crippen LogP contribution in [-0.2, 0) is 22.3 Å². The zero-order valence-electron chi connectivity index (χ0n) is 22.0. The second-order valence-electron chi connectivity index (χ2n) is 11.7. The van der Waals surface area contributed by atoms with Crippen LogP contribution < -0.4 is 10.2 Å². The summed E-state index contributed by atoms with van der Waals surface area (Å²) < 4.78 is 66.4. The summed E-state index contributed by atoms with van der Waals surface area (Å²) in [5.41, 5.74) is 0.772. The van der Waals surface area contributed by atoms with E-state index >= 15 is 4.39 Å². The zero-order chi connectivity index (χ0) is 27.1. The lowest BCUT2D eigenvalue weighted by Crippen LogP contribution is -2.33. The molecule has 1 N–H and O–H groups in total. The van der Waals surface area contributed by atoms with Gasteiger partial charge >= 0.3 is 0 Å². The van der Waals surface area contributed by atoms with Crippen molar-refractivity contribution < 1.29 is 21.6 Å². The summed E-state index contributed by atoms with van der Waals surface area (Å²) >= 11 is 0. The second-order valence-corrected chi connectivity index (χ2v) is 13.9. The van der Waals surface area contributed by atoms with Gasteiger partial charge in [-0.2, -0.15) is 4.39 Å². The first-order chi connectivity index (χ1) is 18.0. The van der Waals surface area contributed by atoms with Gasteiger partial charge in [0.2, 0.25) is 5.82 Å². The van der Waals surface area contributed by atoms with Crippen molar-refractivity contribution in [2.24, 2.45) is 17.8 Å². The summed E-state index contributed by atoms with van der Waals surface area (Å²) in [5.74, 6) is -1.40. The molecule has 4 atom stereocenters. The largest absolute Gasteiger partial charge is 0.364 e. The van der Waals surface area contributed by atoms with Gasteiger partial charge in [-0.15, -0.1) is 0 Å². The SMILES string of the molecule is CC(F)(F)c1ccc(CN(c2ncnc(NC3CCC4CCC(CCS(C)(=O)=O)CC43)c2F)C2CC2)cc1. The van der Waals surface area contributed by atoms with Gasteiger partial charge in [0.1, 0.15) is 16.2 Å². The predicted octanol–water partition coefficient (Wildman–Crippen LogP) is 5.94. The maximum absolute atomic E-state index is 15.8. The molecule has 5 rings (SSSR count). The lowest BCUT2D eigenvalue weighted by Gasteiger charge is -2.35. The Morgan fingerprint density at radius 3 is 2.42 bits per heavy atom. The number of nitrogens with one attached hydrogen (secondary N) is 1. The summed E-state index contributed by atoms with van der Waals surface area (Å²) in [7, 11) is -2.98. The molecule has 38 heavy (non-hydrogen) atoms. The van der Waals surface area contributed by atoms with Crippen molar-refractivity contribution in [2.75, 3.05) is 22.2 Å². The number of nitrogens with zero attached hydrogens (tertiary/aromatic N) is 3. The third-order valence-electron chi connectivity index (χ3n) is 8.59. The Morgan fingerprint density at radius 2 is 1.76 bits per heavy atom. The Kier molecular flexibility index (Phi) is 7.64. The highest BCUT2D eigenvalue weighted by atomic mass is 32.2. The van der Waals surface area contributed by atoms with E-state index in [2.05, 4.69) is 15.3 Å². The summed E-state index contributed by atoms with van der Waals surface area (Å²) in [6.45, 7) is 1.25. The fourth-order valence-electron chi connectivity index (χ4n) is 6.34. The van der Waals surface area contributed by atoms with Gasteiger partial charge in [-0.05, 0) is 68.3 Å². The van der Waals surface area contributed by atoms with Crippen molar-refractivity contribution in [3.05, 3.63) is 47.5 Å². The van der Waals surface area contributed by atoms with Crippen LogP contribution in [0, 0.1) is 23.6 Å². The zero-order valence-corrected chi connectivity index (χ0v) is 22.9. The van der Waals surface area contributed by atoms with E-state index in [1.165, 1.54) is 24.7 Å². The Balaban J connectivity index is 1.29. The molecule has 0 radical (unpaired) electrons. The highest BCUT2D eigenvalue weighted by Crippen LogP contribution is 2.46. The number of anilines is 2. The predicted molar refractivity (Wildman–Crippen MR) is 142 cm³/mol. The number of sulfone groups is 1. The van der Waals surface area contributed by atoms with E-state index in [0.29, 0.717) is 30.7 Å². The first kappa shape index (κ1) is 27.2. The number of halogens is 3. The van der Waals surface area contributed by atoms with Gasteiger partial charge in [0.05, 0.1) is 5.75 Å². The van der Waals surface area contributed by atoms with Crippen LogP contribution >= 0.6 is 0 Å². The van der Waals surface area contributed by atoms with Crippen molar-refractivity contribution in [3.63, 3.8) is 0 Å². The van der Waals surface area contributed by atoms with Crippen LogP contribution in [-0.4, -0.2) is 42.5 Å². The highest BCUT2D eigenvalue weighted by Gasteiger charge is 2.41. The van der Waals surface area contributed by atoms with E-state index < -0.39 is 21.6 Å². The van der Waals surface area contributed by atoms with Crippen LogP contribution in [0.3, 0.4) is 0 Å². The standard InChI is InChI=1S/C28H37F3N4O2S/c1-28(30,31)21-8-4-19(5-9-21)16-35(22-10-11-22)27-25(29)26(32-17-33-27)34-24-12-7-20-6-3-18(15-23(20)24)13-14-38(2,36)37/h4-5,8-9,17-18,20,22-24H,3,6-7,10-16H2,1-2H3,(H,32,33,34). The molecule has 10 heteroatoms. The molecule has 4 unspecified atom stereocenters. The van der Waals surface area contributed by atoms with Gasteiger partial charge in [-0.1, -0.05) is 30.7 Å². The third-order valence-corrected chi connectivity index (χ3v) is 9.56. The molecule has 0 amide bonds. The van der Waals surface area contributed by atoms with Crippen LogP contribution in [0.4, 0.5) is 24.8 Å². The molecule has 3 aliphatic rings. The monoisotopic (exact) mass is 550 g/mol. The molecule has 0 bridgehead atoms. The van der Waals surface area contributed by atoms with E-state index in [1.807, 2.05) is 4.90 Å². The van der Waals surface area contributed by atoms with E-state index in [1.54, 1.807) is 12.1 Å². The van der Waals surface area contributed by atoms with Crippen LogP contribution in [0.2, 0.25) is 0 Å². The average molecular weight is 551 g/mol. The minimum absolute atomic E-state index is 0.0462. The second kappa shape index (κ2) is 10.7. The number of hydrogen-bond donors (Lipinski definition) is 1. The number of alkyl halides is 2. The van der Waals surface area contributed by atoms with Crippen LogP contribution in [0.15, 0.2) is 30.6 Å². The first-order valence-electron chi connectivity index (χ1n) is 13.7. The molecule has 2 aromatic rings. The molecule has 3 fully saturated rings. The highest BCUT2D eigenvalue weighted by molar-refractivity contribution is 7.90. The van der Waals surface area contributed by atoms with Crippen molar-refractivity contribution in [3.8, 4) is 0 Å². The maximum atomic E-state index is 15.8. The van der Waals surface area contributed by atoms with Crippen molar-refractivity contribution in [2.45, 2.75) is 82.8 Å². The quantitative estimate of drug-likeness (QED) is 0.395. The lowest BCUT2D eigenvalue weighted by atomic mass is 9.74. The number of benzene rings is 1. The lowest BCUT2D eigenvalue weighted by molar-refractivity contribution is 0.0174. The van der Waals surface area contributed by atoms with Gasteiger partial charge in [-0.3, -0.25) is 0 Å². The van der Waals surface area contributed by atoms with E-state index in [9.17, 15) is 17.2 Å². The normalized spacial score (nSPS) is 25.7. The summed E-state index contributed by atoms with van der Waals surface area (Å²) in [4.78, 5) is 10.5. The van der Waals surface area contributed by atoms with Crippen molar-refractivity contribution in [1.29, 1.82) is 0 Å². The van der Waals surface area contributed by atoms with Gasteiger partial charge in [0.25, 0.3) is 5.92 Å². The molecule has 6 nitrogen and oxygen atoms in total. The average Bonchev–Trinajstić information content (AvgIpc) is 3.63. The van der Waals surface area contributed by atoms with Crippen molar-refractivity contribution >= 4 is 21.5 Å². The molecular formula is C28H37F3N4O2S. The number of aromatic nitrogens is 2. The molecule has 208 valence electrons. The molecule has 1 aromatic heterocycles. The Hall–Kier alpha value is -2.36. The summed E-state index contributed by atoms with van der Waals surface area (Å²) in [6, 6.07) is 6.44. The maximum Gasteiger partial charge on any atom is 0.270 e. The van der Waals surface area contributed by atoms with Gasteiger partial charge in [0, 0.05) is 37.4 Å². The minimum Gasteiger partial charge on any atom is -0.364 e. The van der Waals surface area contributed by atoms with Crippen LogP contribution in [0.5, 0.6) is 0 Å². The molecule has 1 aromatic carbocycles. The van der Waals surface area contributed by atoms with Crippen LogP contribution in [0.25, 0.3) is 0 Å². The molecule has 0 aliphatic heterocycles. The first-order valence-corrected chi connectivity index (χ1v) is 15.7. The number of hydrogen-bond acceptors (Lipinski definition) is 6. The van der Waals surface area contributed by atoms with Gasteiger partial charge in [-0.25, -0.2) is 27.2 Å². The molecule has 0 saturated heterocycles. The number of fused-ring (bicyclic) bond motifs is 1. The number of rotatable bonds is 10. The Bertz CT molecular complexity index is 1230. The summed E-state index contributed by atoms with van der Waals surface area (Å²) in [6.07, 6.45) is 10.4. The van der Waals surface area contributed by atoms with E-state index in [4.69, 9.17) is 0 Å². The molecule has 3 aliphatic carbocycles. The molecular weight excluding hydrogens is 513 g/mol. The van der Waals surface area contributed by atoms with E-state index in [0.717, 1.165) is 57.4 Å². The molecule has 1 heterocycles.